The van der Waals surface area contributed by atoms with E-state index in [1.807, 2.05) is 45.0 Å². The number of nitrogens with one attached hydrogen (secondary N) is 1. The summed E-state index contributed by atoms with van der Waals surface area (Å²) in [7, 11) is 0. The third-order valence-electron chi connectivity index (χ3n) is 2.29. The molecule has 0 spiro atoms. The fraction of sp³-hybridized carbons (Fsp3) is 0.429. The van der Waals surface area contributed by atoms with Crippen molar-refractivity contribution in [2.24, 2.45) is 0 Å². The van der Waals surface area contributed by atoms with Crippen molar-refractivity contribution in [3.8, 4) is 5.75 Å². The van der Waals surface area contributed by atoms with E-state index in [1.54, 1.807) is 0 Å². The number of para-hydroxylation sites is 1. The lowest BCUT2D eigenvalue weighted by Crippen LogP contribution is -2.09. The van der Waals surface area contributed by atoms with E-state index in [9.17, 15) is 0 Å². The molecule has 3 N–H and O–H groups in total. The van der Waals surface area contributed by atoms with Gasteiger partial charge < -0.3 is 15.8 Å². The molecule has 3 heteroatoms. The van der Waals surface area contributed by atoms with E-state index in [0.717, 1.165) is 24.4 Å². The van der Waals surface area contributed by atoms with Crippen molar-refractivity contribution in [3.63, 3.8) is 0 Å². The Bertz CT molecular complexity index is 372. The molecule has 0 aliphatic carbocycles. The summed E-state index contributed by atoms with van der Waals surface area (Å²) in [6.07, 6.45) is 5.29. The Morgan fingerprint density at radius 1 is 1.41 bits per heavy atom. The summed E-state index contributed by atoms with van der Waals surface area (Å²) in [4.78, 5) is 0. The highest BCUT2D eigenvalue weighted by molar-refractivity contribution is 5.72. The third kappa shape index (κ3) is 4.39. The fourth-order valence-electron chi connectivity index (χ4n) is 1.51. The Hall–Kier alpha value is -1.64. The zero-order valence-electron chi connectivity index (χ0n) is 10.9. The molecule has 0 unspecified atom stereocenters. The molecule has 1 aromatic rings. The van der Waals surface area contributed by atoms with Gasteiger partial charge in [0, 0.05) is 6.54 Å². The first-order valence-electron chi connectivity index (χ1n) is 6.05. The summed E-state index contributed by atoms with van der Waals surface area (Å²) in [6, 6.07) is 5.82. The van der Waals surface area contributed by atoms with Crippen molar-refractivity contribution in [1.82, 2.24) is 0 Å². The van der Waals surface area contributed by atoms with E-state index in [4.69, 9.17) is 10.5 Å². The van der Waals surface area contributed by atoms with Crippen LogP contribution >= 0.6 is 0 Å². The molecule has 0 fully saturated rings. The van der Waals surface area contributed by atoms with Gasteiger partial charge in [0.25, 0.3) is 0 Å². The average Bonchev–Trinajstić information content (AvgIpc) is 2.28. The molecule has 94 valence electrons. The number of hydrogen-bond donors (Lipinski definition) is 2. The summed E-state index contributed by atoms with van der Waals surface area (Å²) in [5, 5.41) is 3.31. The molecule has 0 heterocycles. The van der Waals surface area contributed by atoms with E-state index in [2.05, 4.69) is 11.4 Å². The molecule has 0 radical (unpaired) electrons. The molecule has 17 heavy (non-hydrogen) atoms. The second-order valence-corrected chi connectivity index (χ2v) is 4.17. The minimum Gasteiger partial charge on any atom is -0.489 e. The molecule has 0 amide bonds. The van der Waals surface area contributed by atoms with Gasteiger partial charge in [-0.15, -0.1) is 0 Å². The lowest BCUT2D eigenvalue weighted by molar-refractivity contribution is 0.244. The Kier molecular flexibility index (Phi) is 5.40. The highest BCUT2D eigenvalue weighted by atomic mass is 16.5. The van der Waals surface area contributed by atoms with E-state index in [0.29, 0.717) is 5.69 Å². The number of nitrogens with two attached hydrogens (primary N) is 1. The van der Waals surface area contributed by atoms with Crippen LogP contribution in [-0.2, 0) is 0 Å². The number of rotatable bonds is 6. The van der Waals surface area contributed by atoms with Crippen LogP contribution in [0, 0.1) is 0 Å². The van der Waals surface area contributed by atoms with Crippen molar-refractivity contribution in [2.45, 2.75) is 33.3 Å². The Balaban J connectivity index is 2.66. The number of nitrogen functional groups attached to an aromatic ring is 1. The summed E-state index contributed by atoms with van der Waals surface area (Å²) in [5.41, 5.74) is 7.66. The molecule has 0 saturated heterocycles. The summed E-state index contributed by atoms with van der Waals surface area (Å²) >= 11 is 0. The van der Waals surface area contributed by atoms with Crippen LogP contribution in [-0.4, -0.2) is 12.6 Å². The zero-order valence-corrected chi connectivity index (χ0v) is 10.9. The zero-order chi connectivity index (χ0) is 12.7. The molecule has 0 bridgehead atoms. The van der Waals surface area contributed by atoms with E-state index in [1.165, 1.54) is 0 Å². The van der Waals surface area contributed by atoms with Gasteiger partial charge >= 0.3 is 0 Å². The highest BCUT2D eigenvalue weighted by Crippen LogP contribution is 2.29. The van der Waals surface area contributed by atoms with Gasteiger partial charge in [-0.2, -0.15) is 0 Å². The van der Waals surface area contributed by atoms with Gasteiger partial charge in [0.1, 0.15) is 5.75 Å². The van der Waals surface area contributed by atoms with Gasteiger partial charge in [-0.1, -0.05) is 18.2 Å². The van der Waals surface area contributed by atoms with E-state index < -0.39 is 0 Å². The highest BCUT2D eigenvalue weighted by Gasteiger charge is 2.06. The molecular formula is C14H22N2O. The molecule has 0 atom stereocenters. The normalized spacial score (nSPS) is 11.1. The van der Waals surface area contributed by atoms with Crippen molar-refractivity contribution in [2.75, 3.05) is 17.6 Å². The minimum absolute atomic E-state index is 0.135. The number of allylic oxidation sites excluding steroid dienone is 1. The maximum absolute atomic E-state index is 6.04. The molecule has 1 aromatic carbocycles. The van der Waals surface area contributed by atoms with Crippen LogP contribution in [0.25, 0.3) is 0 Å². The van der Waals surface area contributed by atoms with Gasteiger partial charge in [-0.25, -0.2) is 0 Å². The van der Waals surface area contributed by atoms with Crippen LogP contribution in [0.3, 0.4) is 0 Å². The van der Waals surface area contributed by atoms with Gasteiger partial charge in [0.15, 0.2) is 0 Å². The van der Waals surface area contributed by atoms with Crippen molar-refractivity contribution >= 4 is 11.4 Å². The average molecular weight is 234 g/mol. The third-order valence-corrected chi connectivity index (χ3v) is 2.29. The largest absolute Gasteiger partial charge is 0.489 e. The van der Waals surface area contributed by atoms with Gasteiger partial charge in [-0.05, 0) is 39.3 Å². The predicted molar refractivity (Wildman–Crippen MR) is 74.5 cm³/mol. The first kappa shape index (κ1) is 13.4. The Morgan fingerprint density at radius 3 is 2.82 bits per heavy atom. The van der Waals surface area contributed by atoms with E-state index in [-0.39, 0.29) is 6.10 Å². The maximum Gasteiger partial charge on any atom is 0.144 e. The van der Waals surface area contributed by atoms with Gasteiger partial charge in [0.2, 0.25) is 0 Å². The van der Waals surface area contributed by atoms with E-state index >= 15 is 0 Å². The Labute approximate surface area is 104 Å². The molecular weight excluding hydrogens is 212 g/mol. The molecule has 3 nitrogen and oxygen atoms in total. The smallest absolute Gasteiger partial charge is 0.144 e. The van der Waals surface area contributed by atoms with Crippen molar-refractivity contribution in [1.29, 1.82) is 0 Å². The SMILES string of the molecule is C/C=C/CCNc1cccc(OC(C)C)c1N. The van der Waals surface area contributed by atoms with Crippen molar-refractivity contribution < 1.29 is 4.74 Å². The lowest BCUT2D eigenvalue weighted by Gasteiger charge is -2.15. The van der Waals surface area contributed by atoms with Gasteiger partial charge in [0.05, 0.1) is 17.5 Å². The molecule has 0 aliphatic rings. The van der Waals surface area contributed by atoms with Crippen LogP contribution in [0.2, 0.25) is 0 Å². The summed E-state index contributed by atoms with van der Waals surface area (Å²) in [6.45, 7) is 6.88. The topological polar surface area (TPSA) is 47.3 Å². The Morgan fingerprint density at radius 2 is 2.18 bits per heavy atom. The second-order valence-electron chi connectivity index (χ2n) is 4.17. The molecule has 1 rings (SSSR count). The minimum atomic E-state index is 0.135. The number of anilines is 2. The van der Waals surface area contributed by atoms with Crippen LogP contribution < -0.4 is 15.8 Å². The standard InChI is InChI=1S/C14H22N2O/c1-4-5-6-10-16-12-8-7-9-13(14(12)15)17-11(2)3/h4-5,7-9,11,16H,6,10,15H2,1-3H3/b5-4+. The summed E-state index contributed by atoms with van der Waals surface area (Å²) in [5.74, 6) is 0.746. The number of ether oxygens (including phenoxy) is 1. The van der Waals surface area contributed by atoms with Crippen LogP contribution in [0.5, 0.6) is 5.75 Å². The van der Waals surface area contributed by atoms with Crippen LogP contribution in [0.15, 0.2) is 30.4 Å². The second kappa shape index (κ2) is 6.84. The van der Waals surface area contributed by atoms with Crippen molar-refractivity contribution in [3.05, 3.63) is 30.4 Å². The number of hydrogen-bond acceptors (Lipinski definition) is 3. The molecule has 0 aromatic heterocycles. The quantitative estimate of drug-likeness (QED) is 0.450. The predicted octanol–water partition coefficient (Wildman–Crippen LogP) is 3.43. The lowest BCUT2D eigenvalue weighted by atomic mass is 10.2. The van der Waals surface area contributed by atoms with Gasteiger partial charge in [-0.3, -0.25) is 0 Å². The number of benzene rings is 1. The van der Waals surface area contributed by atoms with Crippen LogP contribution in [0.1, 0.15) is 27.2 Å². The first-order chi connectivity index (χ1) is 8.15. The monoisotopic (exact) mass is 234 g/mol. The molecule has 0 aliphatic heterocycles. The maximum atomic E-state index is 6.04. The first-order valence-corrected chi connectivity index (χ1v) is 6.05. The van der Waals surface area contributed by atoms with Crippen LogP contribution in [0.4, 0.5) is 11.4 Å². The fourth-order valence-corrected chi connectivity index (χ4v) is 1.51. The molecule has 0 saturated carbocycles. The summed E-state index contributed by atoms with van der Waals surface area (Å²) < 4.78 is 5.63.